The number of hydrogen-bond acceptors (Lipinski definition) is 2. The lowest BCUT2D eigenvalue weighted by molar-refractivity contribution is -0.134. The number of carbonyl (C=O) groups is 1. The van der Waals surface area contributed by atoms with Gasteiger partial charge in [0.1, 0.15) is 5.82 Å². The molecule has 0 bridgehead atoms. The van der Waals surface area contributed by atoms with Crippen molar-refractivity contribution in [3.63, 3.8) is 0 Å². The molecule has 0 radical (unpaired) electrons. The summed E-state index contributed by atoms with van der Waals surface area (Å²) in [6, 6.07) is 6.61. The van der Waals surface area contributed by atoms with Crippen LogP contribution in [0.4, 0.5) is 4.39 Å². The van der Waals surface area contributed by atoms with Crippen molar-refractivity contribution in [3.8, 4) is 0 Å². The summed E-state index contributed by atoms with van der Waals surface area (Å²) in [5, 5.41) is 3.20. The van der Waals surface area contributed by atoms with Crippen molar-refractivity contribution in [2.45, 2.75) is 31.6 Å². The number of likely N-dealkylation sites (tertiary alicyclic amines) is 1. The van der Waals surface area contributed by atoms with Crippen molar-refractivity contribution in [3.05, 3.63) is 35.6 Å². The van der Waals surface area contributed by atoms with Gasteiger partial charge in [0.2, 0.25) is 5.91 Å². The van der Waals surface area contributed by atoms with Gasteiger partial charge in [0, 0.05) is 19.0 Å². The maximum atomic E-state index is 13.0. The summed E-state index contributed by atoms with van der Waals surface area (Å²) < 4.78 is 13.0. The van der Waals surface area contributed by atoms with Gasteiger partial charge < -0.3 is 10.2 Å². The van der Waals surface area contributed by atoms with Crippen LogP contribution >= 0.6 is 0 Å². The molecule has 2 aliphatic rings. The van der Waals surface area contributed by atoms with Crippen molar-refractivity contribution in [1.29, 1.82) is 0 Å². The third-order valence-electron chi connectivity index (χ3n) is 5.13. The van der Waals surface area contributed by atoms with Gasteiger partial charge in [-0.2, -0.15) is 0 Å². The summed E-state index contributed by atoms with van der Waals surface area (Å²) in [6.07, 6.45) is 4.38. The Balaban J connectivity index is 1.48. The number of rotatable bonds is 5. The Morgan fingerprint density at radius 2 is 1.95 bits per heavy atom. The number of piperidine rings is 1. The van der Waals surface area contributed by atoms with Crippen LogP contribution in [0.15, 0.2) is 24.3 Å². The summed E-state index contributed by atoms with van der Waals surface area (Å²) in [5.74, 6) is 1.27. The Hall–Kier alpha value is -1.42. The largest absolute Gasteiger partial charge is 0.342 e. The van der Waals surface area contributed by atoms with E-state index in [2.05, 4.69) is 5.32 Å². The summed E-state index contributed by atoms with van der Waals surface area (Å²) in [5.41, 5.74) is 1.10. The monoisotopic (exact) mass is 304 g/mol. The smallest absolute Gasteiger partial charge is 0.226 e. The Morgan fingerprint density at radius 1 is 1.27 bits per heavy atom. The lowest BCUT2D eigenvalue weighted by Gasteiger charge is -2.32. The molecule has 3 nitrogen and oxygen atoms in total. The van der Waals surface area contributed by atoms with Crippen molar-refractivity contribution in [2.24, 2.45) is 11.8 Å². The van der Waals surface area contributed by atoms with Gasteiger partial charge in [-0.1, -0.05) is 12.1 Å². The second kappa shape index (κ2) is 6.78. The fourth-order valence-electron chi connectivity index (χ4n) is 3.57. The van der Waals surface area contributed by atoms with Gasteiger partial charge in [0.05, 0.1) is 0 Å². The van der Waals surface area contributed by atoms with E-state index in [0.29, 0.717) is 11.8 Å². The highest BCUT2D eigenvalue weighted by atomic mass is 19.1. The fraction of sp³-hybridized carbons (Fsp3) is 0.611. The quantitative estimate of drug-likeness (QED) is 0.907. The lowest BCUT2D eigenvalue weighted by atomic mass is 9.93. The van der Waals surface area contributed by atoms with Gasteiger partial charge in [-0.15, -0.1) is 0 Å². The van der Waals surface area contributed by atoms with Crippen LogP contribution in [-0.2, 0) is 4.79 Å². The predicted molar refractivity (Wildman–Crippen MR) is 85.1 cm³/mol. The van der Waals surface area contributed by atoms with Gasteiger partial charge in [0.25, 0.3) is 0 Å². The zero-order chi connectivity index (χ0) is 15.5. The third kappa shape index (κ3) is 3.49. The lowest BCUT2D eigenvalue weighted by Crippen LogP contribution is -2.40. The molecule has 1 aliphatic heterocycles. The topological polar surface area (TPSA) is 32.3 Å². The Bertz CT molecular complexity index is 508. The highest BCUT2D eigenvalue weighted by Crippen LogP contribution is 2.48. The van der Waals surface area contributed by atoms with Crippen molar-refractivity contribution >= 4 is 5.91 Å². The zero-order valence-electron chi connectivity index (χ0n) is 13.2. The summed E-state index contributed by atoms with van der Waals surface area (Å²) in [6.45, 7) is 2.87. The van der Waals surface area contributed by atoms with Crippen LogP contribution in [0.1, 0.15) is 37.2 Å². The molecule has 3 rings (SSSR count). The minimum Gasteiger partial charge on any atom is -0.342 e. The molecule has 120 valence electrons. The standard InChI is InChI=1S/C18H25FN2O/c1-20-9-6-13-7-10-21(11-8-13)18(22)17-12-16(17)14-2-4-15(19)5-3-14/h2-5,13,16-17,20H,6-12H2,1H3. The molecular formula is C18H25FN2O. The first-order chi connectivity index (χ1) is 10.7. The SMILES string of the molecule is CNCCC1CCN(C(=O)C2CC2c2ccc(F)cc2)CC1. The van der Waals surface area contributed by atoms with Crippen LogP contribution in [0.5, 0.6) is 0 Å². The Morgan fingerprint density at radius 3 is 2.59 bits per heavy atom. The summed E-state index contributed by atoms with van der Waals surface area (Å²) >= 11 is 0. The number of amides is 1. The number of nitrogens with one attached hydrogen (secondary N) is 1. The molecule has 1 amide bonds. The van der Waals surface area contributed by atoms with E-state index in [1.165, 1.54) is 18.6 Å². The molecule has 1 N–H and O–H groups in total. The summed E-state index contributed by atoms with van der Waals surface area (Å²) in [4.78, 5) is 14.6. The second-order valence-corrected chi connectivity index (χ2v) is 6.66. The molecule has 1 saturated heterocycles. The zero-order valence-corrected chi connectivity index (χ0v) is 13.2. The van der Waals surface area contributed by atoms with E-state index in [-0.39, 0.29) is 11.7 Å². The molecule has 4 heteroatoms. The van der Waals surface area contributed by atoms with Crippen LogP contribution in [-0.4, -0.2) is 37.5 Å². The number of carbonyl (C=O) groups excluding carboxylic acids is 1. The van der Waals surface area contributed by atoms with E-state index < -0.39 is 0 Å². The summed E-state index contributed by atoms with van der Waals surface area (Å²) in [7, 11) is 1.99. The van der Waals surface area contributed by atoms with Gasteiger partial charge in [0.15, 0.2) is 0 Å². The first-order valence-electron chi connectivity index (χ1n) is 8.38. The Kier molecular flexibility index (Phi) is 4.77. The highest BCUT2D eigenvalue weighted by molar-refractivity contribution is 5.83. The van der Waals surface area contributed by atoms with Gasteiger partial charge in [-0.3, -0.25) is 4.79 Å². The number of benzene rings is 1. The minimum atomic E-state index is -0.212. The van der Waals surface area contributed by atoms with E-state index in [9.17, 15) is 9.18 Å². The van der Waals surface area contributed by atoms with Crippen molar-refractivity contribution < 1.29 is 9.18 Å². The molecule has 0 spiro atoms. The average Bonchev–Trinajstić information content (AvgIpc) is 3.34. The third-order valence-corrected chi connectivity index (χ3v) is 5.13. The van der Waals surface area contributed by atoms with Gasteiger partial charge in [-0.25, -0.2) is 4.39 Å². The number of nitrogens with zero attached hydrogens (tertiary/aromatic N) is 1. The molecule has 1 saturated carbocycles. The molecule has 0 aromatic heterocycles. The highest BCUT2D eigenvalue weighted by Gasteiger charge is 2.46. The molecule has 2 atom stereocenters. The van der Waals surface area contributed by atoms with Gasteiger partial charge >= 0.3 is 0 Å². The van der Waals surface area contributed by atoms with Crippen LogP contribution in [0.25, 0.3) is 0 Å². The number of halogens is 1. The van der Waals surface area contributed by atoms with E-state index in [1.54, 1.807) is 0 Å². The van der Waals surface area contributed by atoms with E-state index in [1.807, 2.05) is 24.1 Å². The van der Waals surface area contributed by atoms with E-state index in [4.69, 9.17) is 0 Å². The van der Waals surface area contributed by atoms with Crippen LogP contribution in [0, 0.1) is 17.7 Å². The number of hydrogen-bond donors (Lipinski definition) is 1. The van der Waals surface area contributed by atoms with Crippen LogP contribution in [0.2, 0.25) is 0 Å². The van der Waals surface area contributed by atoms with Crippen LogP contribution < -0.4 is 5.32 Å². The first kappa shape index (κ1) is 15.5. The molecule has 1 aromatic carbocycles. The molecule has 2 fully saturated rings. The molecule has 2 unspecified atom stereocenters. The van der Waals surface area contributed by atoms with Crippen molar-refractivity contribution in [1.82, 2.24) is 10.2 Å². The minimum absolute atomic E-state index is 0.124. The molecule has 1 aromatic rings. The van der Waals surface area contributed by atoms with Gasteiger partial charge in [-0.05, 0) is 68.8 Å². The predicted octanol–water partition coefficient (Wildman–Crippen LogP) is 2.78. The maximum absolute atomic E-state index is 13.0. The van der Waals surface area contributed by atoms with E-state index in [0.717, 1.165) is 50.4 Å². The average molecular weight is 304 g/mol. The normalized spacial score (nSPS) is 25.3. The first-order valence-corrected chi connectivity index (χ1v) is 8.38. The molecule has 1 heterocycles. The van der Waals surface area contributed by atoms with Crippen LogP contribution in [0.3, 0.4) is 0 Å². The van der Waals surface area contributed by atoms with E-state index >= 15 is 0 Å². The molecule has 22 heavy (non-hydrogen) atoms. The molecule has 1 aliphatic carbocycles. The fourth-order valence-corrected chi connectivity index (χ4v) is 3.57. The maximum Gasteiger partial charge on any atom is 0.226 e. The van der Waals surface area contributed by atoms with Crippen molar-refractivity contribution in [2.75, 3.05) is 26.7 Å². The molecular weight excluding hydrogens is 279 g/mol. The second-order valence-electron chi connectivity index (χ2n) is 6.66. The Labute approximate surface area is 131 Å².